The maximum atomic E-state index is 11.9. The third-order valence-corrected chi connectivity index (χ3v) is 3.57. The number of benzene rings is 2. The number of methoxy groups -OCH3 is 1. The van der Waals surface area contributed by atoms with E-state index >= 15 is 0 Å². The summed E-state index contributed by atoms with van der Waals surface area (Å²) in [6.45, 7) is 0.803. The van der Waals surface area contributed by atoms with Crippen molar-refractivity contribution in [1.29, 1.82) is 0 Å². The van der Waals surface area contributed by atoms with Crippen LogP contribution in [-0.2, 0) is 11.2 Å². The maximum absolute atomic E-state index is 11.9. The fourth-order valence-electron chi connectivity index (χ4n) is 2.21. The molecule has 126 valence electrons. The zero-order chi connectivity index (χ0) is 17.2. The van der Waals surface area contributed by atoms with Crippen molar-refractivity contribution in [2.24, 2.45) is 0 Å². The van der Waals surface area contributed by atoms with Crippen LogP contribution >= 0.6 is 0 Å². The smallest absolute Gasteiger partial charge is 0.251 e. The second-order valence-corrected chi connectivity index (χ2v) is 5.32. The number of ether oxygens (including phenoxy) is 1. The second-order valence-electron chi connectivity index (χ2n) is 5.32. The molecule has 2 aromatic carbocycles. The van der Waals surface area contributed by atoms with Crippen LogP contribution in [0.25, 0.3) is 0 Å². The van der Waals surface area contributed by atoms with Gasteiger partial charge in [0.1, 0.15) is 5.75 Å². The zero-order valence-corrected chi connectivity index (χ0v) is 13.7. The van der Waals surface area contributed by atoms with E-state index in [0.717, 1.165) is 5.56 Å². The molecule has 5 nitrogen and oxygen atoms in total. The van der Waals surface area contributed by atoms with Crippen LogP contribution in [0.5, 0.6) is 5.75 Å². The molecule has 0 aromatic heterocycles. The van der Waals surface area contributed by atoms with E-state index in [-0.39, 0.29) is 11.8 Å². The molecule has 2 amide bonds. The Kier molecular flexibility index (Phi) is 6.83. The van der Waals surface area contributed by atoms with Gasteiger partial charge in [-0.15, -0.1) is 0 Å². The van der Waals surface area contributed by atoms with Crippen LogP contribution in [0.3, 0.4) is 0 Å². The zero-order valence-electron chi connectivity index (χ0n) is 13.7. The number of aryl methyl sites for hydroxylation is 1. The van der Waals surface area contributed by atoms with E-state index < -0.39 is 0 Å². The van der Waals surface area contributed by atoms with Crippen molar-refractivity contribution in [1.82, 2.24) is 10.6 Å². The number of hydrogen-bond donors (Lipinski definition) is 2. The lowest BCUT2D eigenvalue weighted by molar-refractivity contribution is -0.121. The van der Waals surface area contributed by atoms with E-state index in [1.54, 1.807) is 31.4 Å². The fraction of sp³-hybridized carbons (Fsp3) is 0.263. The topological polar surface area (TPSA) is 67.4 Å². The highest BCUT2D eigenvalue weighted by atomic mass is 16.5. The van der Waals surface area contributed by atoms with Gasteiger partial charge in [-0.05, 0) is 36.2 Å². The van der Waals surface area contributed by atoms with Gasteiger partial charge < -0.3 is 15.4 Å². The van der Waals surface area contributed by atoms with Gasteiger partial charge in [0.2, 0.25) is 5.91 Å². The van der Waals surface area contributed by atoms with Crippen molar-refractivity contribution < 1.29 is 14.3 Å². The Balaban J connectivity index is 1.63. The molecule has 0 atom stereocenters. The quantitative estimate of drug-likeness (QED) is 0.731. The summed E-state index contributed by atoms with van der Waals surface area (Å²) in [6.07, 6.45) is 1.15. The lowest BCUT2D eigenvalue weighted by Crippen LogP contribution is -2.34. The SMILES string of the molecule is COc1ccc(C(=O)NCCNC(=O)CCc2ccccc2)cc1. The summed E-state index contributed by atoms with van der Waals surface area (Å²) in [5.74, 6) is 0.519. The van der Waals surface area contributed by atoms with E-state index in [2.05, 4.69) is 10.6 Å². The third kappa shape index (κ3) is 5.76. The lowest BCUT2D eigenvalue weighted by atomic mass is 10.1. The Bertz CT molecular complexity index is 654. The fourth-order valence-corrected chi connectivity index (χ4v) is 2.21. The molecule has 0 bridgehead atoms. The molecule has 5 heteroatoms. The highest BCUT2D eigenvalue weighted by Gasteiger charge is 2.05. The van der Waals surface area contributed by atoms with Crippen LogP contribution in [0.2, 0.25) is 0 Å². The minimum absolute atomic E-state index is 0.0162. The molecule has 24 heavy (non-hydrogen) atoms. The standard InChI is InChI=1S/C19H22N2O3/c1-24-17-10-8-16(9-11-17)19(23)21-14-13-20-18(22)12-7-15-5-3-2-4-6-15/h2-6,8-11H,7,12-14H2,1H3,(H,20,22)(H,21,23). The average Bonchev–Trinajstić information content (AvgIpc) is 2.64. The average molecular weight is 326 g/mol. The third-order valence-electron chi connectivity index (χ3n) is 3.57. The van der Waals surface area contributed by atoms with Crippen molar-refractivity contribution in [2.45, 2.75) is 12.8 Å². The minimum atomic E-state index is -0.170. The van der Waals surface area contributed by atoms with Gasteiger partial charge in [-0.25, -0.2) is 0 Å². The number of hydrogen-bond acceptors (Lipinski definition) is 3. The Labute approximate surface area is 142 Å². The number of nitrogens with one attached hydrogen (secondary N) is 2. The molecule has 0 aliphatic carbocycles. The van der Waals surface area contributed by atoms with Gasteiger partial charge in [0.05, 0.1) is 7.11 Å². The predicted molar refractivity (Wildman–Crippen MR) is 93.1 cm³/mol. The van der Waals surface area contributed by atoms with Crippen LogP contribution in [0.1, 0.15) is 22.3 Å². The molecule has 0 aliphatic rings. The maximum Gasteiger partial charge on any atom is 0.251 e. The van der Waals surface area contributed by atoms with E-state index in [9.17, 15) is 9.59 Å². The first-order valence-corrected chi connectivity index (χ1v) is 7.92. The Morgan fingerprint density at radius 1 is 0.917 bits per heavy atom. The first-order valence-electron chi connectivity index (χ1n) is 7.92. The van der Waals surface area contributed by atoms with Crippen LogP contribution in [0.15, 0.2) is 54.6 Å². The molecule has 0 saturated carbocycles. The summed E-state index contributed by atoms with van der Waals surface area (Å²) >= 11 is 0. The van der Waals surface area contributed by atoms with Crippen LogP contribution in [-0.4, -0.2) is 32.0 Å². The van der Waals surface area contributed by atoms with Crippen molar-refractivity contribution in [3.05, 3.63) is 65.7 Å². The summed E-state index contributed by atoms with van der Waals surface area (Å²) in [7, 11) is 1.58. The number of rotatable bonds is 8. The molecule has 2 N–H and O–H groups in total. The van der Waals surface area contributed by atoms with E-state index in [4.69, 9.17) is 4.74 Å². The van der Waals surface area contributed by atoms with Crippen LogP contribution in [0.4, 0.5) is 0 Å². The largest absolute Gasteiger partial charge is 0.497 e. The van der Waals surface area contributed by atoms with Crippen molar-refractivity contribution in [2.75, 3.05) is 20.2 Å². The lowest BCUT2D eigenvalue weighted by Gasteiger charge is -2.08. The molecule has 0 heterocycles. The molecule has 0 saturated heterocycles. The number of carbonyl (C=O) groups is 2. The van der Waals surface area contributed by atoms with Gasteiger partial charge in [0.15, 0.2) is 0 Å². The second kappa shape index (κ2) is 9.35. The van der Waals surface area contributed by atoms with Crippen molar-refractivity contribution >= 4 is 11.8 Å². The minimum Gasteiger partial charge on any atom is -0.497 e. The van der Waals surface area contributed by atoms with Crippen molar-refractivity contribution in [3.8, 4) is 5.75 Å². The van der Waals surface area contributed by atoms with E-state index in [0.29, 0.717) is 37.2 Å². The number of amides is 2. The summed E-state index contributed by atoms with van der Waals surface area (Å²) in [6, 6.07) is 16.8. The molecule has 2 rings (SSSR count). The molecule has 0 radical (unpaired) electrons. The monoisotopic (exact) mass is 326 g/mol. The highest BCUT2D eigenvalue weighted by Crippen LogP contribution is 2.10. The van der Waals surface area contributed by atoms with Gasteiger partial charge in [-0.1, -0.05) is 30.3 Å². The van der Waals surface area contributed by atoms with Gasteiger partial charge in [0, 0.05) is 25.1 Å². The molecule has 0 aliphatic heterocycles. The van der Waals surface area contributed by atoms with Gasteiger partial charge in [-0.2, -0.15) is 0 Å². The normalized spacial score (nSPS) is 10.0. The number of carbonyl (C=O) groups excluding carboxylic acids is 2. The molecule has 0 fully saturated rings. The van der Waals surface area contributed by atoms with Crippen molar-refractivity contribution in [3.63, 3.8) is 0 Å². The molecule has 0 spiro atoms. The molecular weight excluding hydrogens is 304 g/mol. The van der Waals surface area contributed by atoms with Crippen LogP contribution < -0.4 is 15.4 Å². The van der Waals surface area contributed by atoms with E-state index in [1.165, 1.54) is 0 Å². The predicted octanol–water partition coefficient (Wildman–Crippen LogP) is 2.17. The summed E-state index contributed by atoms with van der Waals surface area (Å²) in [5.41, 5.74) is 1.70. The summed E-state index contributed by atoms with van der Waals surface area (Å²) in [4.78, 5) is 23.7. The Morgan fingerprint density at radius 3 is 2.25 bits per heavy atom. The summed E-state index contributed by atoms with van der Waals surface area (Å²) in [5, 5.41) is 5.58. The molecular formula is C19H22N2O3. The molecule has 2 aromatic rings. The first-order chi connectivity index (χ1) is 11.7. The van der Waals surface area contributed by atoms with Gasteiger partial charge in [-0.3, -0.25) is 9.59 Å². The van der Waals surface area contributed by atoms with E-state index in [1.807, 2.05) is 30.3 Å². The first kappa shape index (κ1) is 17.5. The van der Waals surface area contributed by atoms with Gasteiger partial charge >= 0.3 is 0 Å². The highest BCUT2D eigenvalue weighted by molar-refractivity contribution is 5.94. The Hall–Kier alpha value is -2.82. The Morgan fingerprint density at radius 2 is 1.58 bits per heavy atom. The van der Waals surface area contributed by atoms with Crippen LogP contribution in [0, 0.1) is 0 Å². The summed E-state index contributed by atoms with van der Waals surface area (Å²) < 4.78 is 5.05. The van der Waals surface area contributed by atoms with Gasteiger partial charge in [0.25, 0.3) is 5.91 Å². The molecule has 0 unspecified atom stereocenters.